The van der Waals surface area contributed by atoms with Gasteiger partial charge < -0.3 is 28.4 Å². The van der Waals surface area contributed by atoms with Gasteiger partial charge >= 0.3 is 5.97 Å². The monoisotopic (exact) mass is 693 g/mol. The lowest BCUT2D eigenvalue weighted by molar-refractivity contribution is -0.233. The number of methoxy groups -OCH3 is 1. The highest BCUT2D eigenvalue weighted by molar-refractivity contribution is 7.99. The van der Waals surface area contributed by atoms with Crippen LogP contribution in [0.5, 0.6) is 5.75 Å². The minimum Gasteiger partial charge on any atom is -0.497 e. The first-order valence-electron chi connectivity index (χ1n) is 16.0. The van der Waals surface area contributed by atoms with Crippen molar-refractivity contribution in [2.45, 2.75) is 73.9 Å². The van der Waals surface area contributed by atoms with Gasteiger partial charge in [0.25, 0.3) is 11.8 Å². The van der Waals surface area contributed by atoms with E-state index in [0.717, 1.165) is 22.3 Å². The summed E-state index contributed by atoms with van der Waals surface area (Å²) in [6, 6.07) is 23.7. The summed E-state index contributed by atoms with van der Waals surface area (Å²) in [7, 11) is 0.228. The van der Waals surface area contributed by atoms with Crippen LogP contribution in [0.3, 0.4) is 0 Å². The number of hydrogen-bond donors (Lipinski definition) is 0. The topological polar surface area (TPSA) is 110 Å². The lowest BCUT2D eigenvalue weighted by Gasteiger charge is -2.47. The number of thioether (sulfide) groups is 1. The van der Waals surface area contributed by atoms with Gasteiger partial charge in [-0.15, -0.1) is 0 Å². The summed E-state index contributed by atoms with van der Waals surface area (Å²) in [5.41, 5.74) is 0.705. The Morgan fingerprint density at radius 1 is 0.875 bits per heavy atom. The molecule has 5 atom stereocenters. The summed E-state index contributed by atoms with van der Waals surface area (Å²) < 4.78 is 36.3. The van der Waals surface area contributed by atoms with Crippen molar-refractivity contribution in [2.75, 3.05) is 27.1 Å². The molecule has 0 radical (unpaired) electrons. The lowest BCUT2D eigenvalue weighted by atomic mass is 9.96. The predicted molar refractivity (Wildman–Crippen MR) is 184 cm³/mol. The number of esters is 1. The number of amides is 2. The van der Waals surface area contributed by atoms with Gasteiger partial charge in [0, 0.05) is 26.5 Å². The van der Waals surface area contributed by atoms with Crippen LogP contribution in [0.2, 0.25) is 25.7 Å². The average Bonchev–Trinajstić information content (AvgIpc) is 3.31. The van der Waals surface area contributed by atoms with Crippen molar-refractivity contribution in [1.82, 2.24) is 4.90 Å². The Bertz CT molecular complexity index is 1510. The van der Waals surface area contributed by atoms with Gasteiger partial charge in [-0.25, -0.2) is 0 Å². The molecule has 2 aliphatic rings. The number of carbonyl (C=O) groups excluding carboxylic acids is 3. The van der Waals surface area contributed by atoms with Crippen LogP contribution in [0.15, 0.2) is 83.8 Å². The molecule has 1 saturated heterocycles. The Morgan fingerprint density at radius 3 is 2.12 bits per heavy atom. The SMILES string of the molecule is COc1ccc(COC[C@H]2O[C@@H](Sc3ccccc3)[C@H](N3C(=O)c4ccccc4C3=O)[C@@H](OCOCC[Si](C)(C)C)[C@@H]2OC(C)=O)cc1. The van der Waals surface area contributed by atoms with E-state index in [-0.39, 0.29) is 20.0 Å². The molecule has 0 N–H and O–H groups in total. The molecule has 1 fully saturated rings. The maximum Gasteiger partial charge on any atom is 0.303 e. The van der Waals surface area contributed by atoms with Crippen molar-refractivity contribution >= 4 is 37.6 Å². The molecule has 0 aliphatic carbocycles. The predicted octanol–water partition coefficient (Wildman–Crippen LogP) is 6.02. The fourth-order valence-electron chi connectivity index (χ4n) is 5.61. The molecule has 12 heteroatoms. The highest BCUT2D eigenvalue weighted by atomic mass is 32.2. The van der Waals surface area contributed by atoms with Crippen LogP contribution in [0.25, 0.3) is 0 Å². The molecule has 256 valence electrons. The lowest BCUT2D eigenvalue weighted by Crippen LogP contribution is -2.66. The first-order chi connectivity index (χ1) is 23.1. The summed E-state index contributed by atoms with van der Waals surface area (Å²) in [4.78, 5) is 42.5. The van der Waals surface area contributed by atoms with E-state index in [4.69, 9.17) is 28.4 Å². The van der Waals surface area contributed by atoms with Crippen LogP contribution in [0, 0.1) is 0 Å². The van der Waals surface area contributed by atoms with Crippen molar-refractivity contribution < 1.29 is 42.8 Å². The Labute approximate surface area is 287 Å². The van der Waals surface area contributed by atoms with Crippen LogP contribution in [0.1, 0.15) is 33.2 Å². The highest BCUT2D eigenvalue weighted by Gasteiger charge is 2.56. The number of ether oxygens (including phenoxy) is 6. The summed E-state index contributed by atoms with van der Waals surface area (Å²) in [6.45, 7) is 8.74. The molecular weight excluding hydrogens is 651 g/mol. The normalized spacial score (nSPS) is 22.4. The minimum absolute atomic E-state index is 0.0427. The van der Waals surface area contributed by atoms with Crippen molar-refractivity contribution in [2.24, 2.45) is 0 Å². The second kappa shape index (κ2) is 16.3. The molecule has 2 heterocycles. The van der Waals surface area contributed by atoms with Crippen molar-refractivity contribution in [3.05, 3.63) is 95.6 Å². The Morgan fingerprint density at radius 2 is 1.52 bits per heavy atom. The van der Waals surface area contributed by atoms with E-state index in [0.29, 0.717) is 17.7 Å². The van der Waals surface area contributed by atoms with Crippen LogP contribution >= 0.6 is 11.8 Å². The molecule has 2 amide bonds. The van der Waals surface area contributed by atoms with Gasteiger partial charge in [0.1, 0.15) is 36.2 Å². The van der Waals surface area contributed by atoms with Crippen molar-refractivity contribution in [3.63, 3.8) is 0 Å². The number of imide groups is 1. The molecule has 0 aromatic heterocycles. The summed E-state index contributed by atoms with van der Waals surface area (Å²) in [5.74, 6) is -0.762. The third-order valence-corrected chi connectivity index (χ3v) is 11.0. The van der Waals surface area contributed by atoms with Crippen LogP contribution in [-0.4, -0.2) is 87.7 Å². The van der Waals surface area contributed by atoms with Gasteiger partial charge in [-0.1, -0.05) is 73.9 Å². The molecule has 2 aliphatic heterocycles. The van der Waals surface area contributed by atoms with E-state index in [2.05, 4.69) is 19.6 Å². The first-order valence-corrected chi connectivity index (χ1v) is 20.6. The van der Waals surface area contributed by atoms with Crippen molar-refractivity contribution in [1.29, 1.82) is 0 Å². The largest absolute Gasteiger partial charge is 0.497 e. The standard InChI is InChI=1S/C36H43NO9SSi/c1-24(38)45-32-30(22-43-21-25-15-17-26(41-2)18-16-25)46-36(47-27-11-7-6-8-12-27)31(33(32)44-23-42-19-20-48(3,4)5)37-34(39)28-13-9-10-14-29(28)35(37)40/h6-18,30-33,36H,19-23H2,1-5H3/t30-,31-,32-,33-,36+/m1/s1. The van der Waals surface area contributed by atoms with E-state index in [9.17, 15) is 14.4 Å². The summed E-state index contributed by atoms with van der Waals surface area (Å²) in [6.07, 6.45) is -2.82. The third kappa shape index (κ3) is 8.93. The van der Waals surface area contributed by atoms with Gasteiger partial charge in [0.2, 0.25) is 0 Å². The fraction of sp³-hybridized carbons (Fsp3) is 0.417. The van der Waals surface area contributed by atoms with E-state index < -0.39 is 55.6 Å². The number of fused-ring (bicyclic) bond motifs is 1. The number of hydrogen-bond acceptors (Lipinski definition) is 10. The first kappa shape index (κ1) is 35.8. The molecule has 0 bridgehead atoms. The Balaban J connectivity index is 1.48. The number of rotatable bonds is 15. The fourth-order valence-corrected chi connectivity index (χ4v) is 7.56. The van der Waals surface area contributed by atoms with Gasteiger partial charge in [0.05, 0.1) is 31.5 Å². The van der Waals surface area contributed by atoms with Gasteiger partial charge in [-0.05, 0) is 48.0 Å². The maximum absolute atomic E-state index is 13.9. The summed E-state index contributed by atoms with van der Waals surface area (Å²) in [5, 5.41) is 0. The highest BCUT2D eigenvalue weighted by Crippen LogP contribution is 2.41. The van der Waals surface area contributed by atoms with E-state index in [1.807, 2.05) is 54.6 Å². The van der Waals surface area contributed by atoms with Gasteiger partial charge in [-0.2, -0.15) is 0 Å². The minimum atomic E-state index is -1.38. The molecule has 48 heavy (non-hydrogen) atoms. The van der Waals surface area contributed by atoms with E-state index in [1.165, 1.54) is 23.6 Å². The van der Waals surface area contributed by atoms with Gasteiger partial charge in [0.15, 0.2) is 6.10 Å². The van der Waals surface area contributed by atoms with Crippen molar-refractivity contribution in [3.8, 4) is 5.75 Å². The third-order valence-electron chi connectivity index (χ3n) is 8.09. The second-order valence-electron chi connectivity index (χ2n) is 12.9. The zero-order valence-electron chi connectivity index (χ0n) is 28.0. The molecule has 10 nitrogen and oxygen atoms in total. The number of nitrogens with zero attached hydrogens (tertiary/aromatic N) is 1. The van der Waals surface area contributed by atoms with Gasteiger partial charge in [-0.3, -0.25) is 19.3 Å². The Hall–Kier alpha value is -3.52. The molecule has 0 spiro atoms. The zero-order valence-corrected chi connectivity index (χ0v) is 29.8. The molecule has 0 saturated carbocycles. The van der Waals surface area contributed by atoms with Crippen LogP contribution in [-0.2, 0) is 35.1 Å². The smallest absolute Gasteiger partial charge is 0.303 e. The van der Waals surface area contributed by atoms with Crippen LogP contribution < -0.4 is 4.74 Å². The number of carbonyl (C=O) groups is 3. The summed E-state index contributed by atoms with van der Waals surface area (Å²) >= 11 is 1.36. The maximum atomic E-state index is 13.9. The van der Waals surface area contributed by atoms with Crippen LogP contribution in [0.4, 0.5) is 0 Å². The van der Waals surface area contributed by atoms with E-state index >= 15 is 0 Å². The second-order valence-corrected chi connectivity index (χ2v) is 19.7. The molecule has 3 aromatic carbocycles. The molecular formula is C36H43NO9SSi. The molecule has 3 aromatic rings. The molecule has 0 unspecified atom stereocenters. The quantitative estimate of drug-likeness (QED) is 0.0616. The zero-order chi connectivity index (χ0) is 34.3. The number of benzene rings is 3. The van der Waals surface area contributed by atoms with E-state index in [1.54, 1.807) is 31.4 Å². The Kier molecular flexibility index (Phi) is 12.1. The molecule has 5 rings (SSSR count). The average molecular weight is 694 g/mol.